The zero-order valence-corrected chi connectivity index (χ0v) is 10.9. The molecular formula is C14H15N3O3. The molecule has 20 heavy (non-hydrogen) atoms. The number of nitriles is 1. The van der Waals surface area contributed by atoms with Crippen molar-refractivity contribution in [2.45, 2.75) is 25.3 Å². The molecule has 1 fully saturated rings. The van der Waals surface area contributed by atoms with Crippen LogP contribution in [0.2, 0.25) is 0 Å². The highest BCUT2D eigenvalue weighted by molar-refractivity contribution is 5.72. The molecule has 2 aliphatic rings. The molecule has 6 nitrogen and oxygen atoms in total. The van der Waals surface area contributed by atoms with E-state index in [-0.39, 0.29) is 12.6 Å². The van der Waals surface area contributed by atoms with E-state index in [4.69, 9.17) is 9.84 Å². The molecule has 2 atom stereocenters. The van der Waals surface area contributed by atoms with Crippen LogP contribution in [0.3, 0.4) is 0 Å². The third-order valence-corrected chi connectivity index (χ3v) is 3.89. The summed E-state index contributed by atoms with van der Waals surface area (Å²) >= 11 is 0. The van der Waals surface area contributed by atoms with Gasteiger partial charge in [-0.25, -0.2) is 4.98 Å². The van der Waals surface area contributed by atoms with Crippen LogP contribution < -0.4 is 5.32 Å². The van der Waals surface area contributed by atoms with Gasteiger partial charge in [0.05, 0.1) is 24.8 Å². The maximum Gasteiger partial charge on any atom is 0.311 e. The first-order valence-corrected chi connectivity index (χ1v) is 6.69. The van der Waals surface area contributed by atoms with E-state index in [1.165, 1.54) is 0 Å². The fourth-order valence-corrected chi connectivity index (χ4v) is 2.78. The van der Waals surface area contributed by atoms with Gasteiger partial charge in [0.25, 0.3) is 0 Å². The molecule has 0 radical (unpaired) electrons. The van der Waals surface area contributed by atoms with Crippen LogP contribution >= 0.6 is 0 Å². The number of aromatic nitrogens is 1. The highest BCUT2D eigenvalue weighted by atomic mass is 16.5. The number of hydrogen-bond donors (Lipinski definition) is 2. The van der Waals surface area contributed by atoms with E-state index < -0.39 is 11.9 Å². The molecule has 2 heterocycles. The zero-order valence-electron chi connectivity index (χ0n) is 10.9. The third kappa shape index (κ3) is 2.21. The number of fused-ring (bicyclic) bond motifs is 1. The van der Waals surface area contributed by atoms with Crippen molar-refractivity contribution in [1.82, 2.24) is 4.98 Å². The molecule has 0 aromatic carbocycles. The molecule has 1 aromatic rings. The number of carboxylic acid groups (broad SMARTS) is 1. The molecule has 2 N–H and O–H groups in total. The second-order valence-corrected chi connectivity index (χ2v) is 5.19. The van der Waals surface area contributed by atoms with Crippen LogP contribution in [0, 0.1) is 17.2 Å². The summed E-state index contributed by atoms with van der Waals surface area (Å²) in [6.07, 6.45) is 2.93. The van der Waals surface area contributed by atoms with E-state index in [0.717, 1.165) is 30.5 Å². The Morgan fingerprint density at radius 2 is 2.35 bits per heavy atom. The molecule has 0 saturated carbocycles. The van der Waals surface area contributed by atoms with Crippen molar-refractivity contribution in [1.29, 1.82) is 5.26 Å². The van der Waals surface area contributed by atoms with Crippen molar-refractivity contribution in [3.05, 3.63) is 22.9 Å². The number of carbonyl (C=O) groups is 1. The van der Waals surface area contributed by atoms with Crippen molar-refractivity contribution in [2.75, 3.05) is 18.5 Å². The predicted molar refractivity (Wildman–Crippen MR) is 70.3 cm³/mol. The average molecular weight is 273 g/mol. The van der Waals surface area contributed by atoms with E-state index in [0.29, 0.717) is 18.0 Å². The molecule has 0 amide bonds. The summed E-state index contributed by atoms with van der Waals surface area (Å²) in [7, 11) is 0. The van der Waals surface area contributed by atoms with Gasteiger partial charge in [-0.15, -0.1) is 0 Å². The molecule has 0 bridgehead atoms. The Labute approximate surface area is 116 Å². The number of rotatable bonds is 3. The van der Waals surface area contributed by atoms with Gasteiger partial charge in [-0.3, -0.25) is 4.79 Å². The maximum absolute atomic E-state index is 11.1. The van der Waals surface area contributed by atoms with E-state index in [1.54, 1.807) is 0 Å². The number of pyridine rings is 1. The normalized spacial score (nSPS) is 24.1. The fraction of sp³-hybridized carbons (Fsp3) is 0.500. The van der Waals surface area contributed by atoms with Crippen molar-refractivity contribution < 1.29 is 14.6 Å². The van der Waals surface area contributed by atoms with Gasteiger partial charge in [0.15, 0.2) is 0 Å². The Bertz CT molecular complexity index is 594. The Morgan fingerprint density at radius 1 is 1.50 bits per heavy atom. The van der Waals surface area contributed by atoms with Crippen molar-refractivity contribution in [2.24, 2.45) is 5.92 Å². The summed E-state index contributed by atoms with van der Waals surface area (Å²) < 4.78 is 5.22. The van der Waals surface area contributed by atoms with Gasteiger partial charge in [-0.1, -0.05) is 0 Å². The number of aryl methyl sites for hydroxylation is 2. The Balaban J connectivity index is 1.87. The third-order valence-electron chi connectivity index (χ3n) is 3.89. The first kappa shape index (κ1) is 12.9. The number of anilines is 1. The van der Waals surface area contributed by atoms with E-state index in [9.17, 15) is 10.1 Å². The van der Waals surface area contributed by atoms with Crippen LogP contribution in [0.15, 0.2) is 6.07 Å². The van der Waals surface area contributed by atoms with Gasteiger partial charge in [0, 0.05) is 5.69 Å². The van der Waals surface area contributed by atoms with Crippen LogP contribution in [-0.2, 0) is 22.4 Å². The minimum absolute atomic E-state index is 0.194. The lowest BCUT2D eigenvalue weighted by molar-refractivity contribution is -0.141. The van der Waals surface area contributed by atoms with Crippen LogP contribution in [0.25, 0.3) is 0 Å². The largest absolute Gasteiger partial charge is 0.481 e. The van der Waals surface area contributed by atoms with Gasteiger partial charge < -0.3 is 15.2 Å². The summed E-state index contributed by atoms with van der Waals surface area (Å²) in [5.74, 6) is -1.01. The molecule has 104 valence electrons. The lowest BCUT2D eigenvalue weighted by Gasteiger charge is -2.17. The first-order valence-electron chi connectivity index (χ1n) is 6.69. The van der Waals surface area contributed by atoms with Crippen molar-refractivity contribution in [3.8, 4) is 6.07 Å². The van der Waals surface area contributed by atoms with Gasteiger partial charge in [0.2, 0.25) is 0 Å². The summed E-state index contributed by atoms with van der Waals surface area (Å²) in [5, 5.41) is 21.4. The van der Waals surface area contributed by atoms with Gasteiger partial charge in [0.1, 0.15) is 17.8 Å². The summed E-state index contributed by atoms with van der Waals surface area (Å²) in [5.41, 5.74) is 2.61. The molecule has 2 unspecified atom stereocenters. The molecule has 0 spiro atoms. The first-order chi connectivity index (χ1) is 9.69. The molecule has 1 aliphatic carbocycles. The molecule has 6 heteroatoms. The van der Waals surface area contributed by atoms with Gasteiger partial charge in [-0.05, 0) is 30.9 Å². The molecule has 1 aromatic heterocycles. The second kappa shape index (κ2) is 5.10. The SMILES string of the molecule is N#Cc1cc2c(nc1NC1COCC1C(=O)O)CCC2. The minimum Gasteiger partial charge on any atom is -0.481 e. The lowest BCUT2D eigenvalue weighted by Crippen LogP contribution is -2.33. The van der Waals surface area contributed by atoms with Crippen LogP contribution in [-0.4, -0.2) is 35.3 Å². The monoisotopic (exact) mass is 273 g/mol. The Hall–Kier alpha value is -2.13. The van der Waals surface area contributed by atoms with E-state index in [2.05, 4.69) is 16.4 Å². The maximum atomic E-state index is 11.1. The highest BCUT2D eigenvalue weighted by Gasteiger charge is 2.34. The molecular weight excluding hydrogens is 258 g/mol. The molecule has 3 rings (SSSR count). The van der Waals surface area contributed by atoms with Crippen LogP contribution in [0.5, 0.6) is 0 Å². The lowest BCUT2D eigenvalue weighted by atomic mass is 10.0. The number of aliphatic carboxylic acids is 1. The summed E-state index contributed by atoms with van der Waals surface area (Å²) in [6.45, 7) is 0.514. The second-order valence-electron chi connectivity index (χ2n) is 5.19. The summed E-state index contributed by atoms with van der Waals surface area (Å²) in [6, 6.07) is 3.65. The smallest absolute Gasteiger partial charge is 0.311 e. The van der Waals surface area contributed by atoms with Gasteiger partial charge >= 0.3 is 5.97 Å². The van der Waals surface area contributed by atoms with Crippen LogP contribution in [0.1, 0.15) is 23.2 Å². The molecule has 1 aliphatic heterocycles. The summed E-state index contributed by atoms with van der Waals surface area (Å²) in [4.78, 5) is 15.6. The van der Waals surface area contributed by atoms with Gasteiger partial charge in [-0.2, -0.15) is 5.26 Å². The number of hydrogen-bond acceptors (Lipinski definition) is 5. The standard InChI is InChI=1S/C14H15N3O3/c15-5-9-4-8-2-1-3-11(8)16-13(9)17-12-7-20-6-10(12)14(18)19/h4,10,12H,1-3,6-7H2,(H,16,17)(H,18,19). The van der Waals surface area contributed by atoms with E-state index >= 15 is 0 Å². The minimum atomic E-state index is -0.889. The Kier molecular flexibility index (Phi) is 3.28. The number of nitrogens with one attached hydrogen (secondary N) is 1. The Morgan fingerprint density at radius 3 is 3.10 bits per heavy atom. The highest BCUT2D eigenvalue weighted by Crippen LogP contribution is 2.27. The number of ether oxygens (including phenoxy) is 1. The van der Waals surface area contributed by atoms with Crippen LogP contribution in [0.4, 0.5) is 5.82 Å². The quantitative estimate of drug-likeness (QED) is 0.851. The van der Waals surface area contributed by atoms with E-state index in [1.807, 2.05) is 6.07 Å². The average Bonchev–Trinajstić information content (AvgIpc) is 3.05. The van der Waals surface area contributed by atoms with Crippen molar-refractivity contribution >= 4 is 11.8 Å². The van der Waals surface area contributed by atoms with Crippen molar-refractivity contribution in [3.63, 3.8) is 0 Å². The number of carboxylic acids is 1. The fourth-order valence-electron chi connectivity index (χ4n) is 2.78. The number of nitrogens with zero attached hydrogens (tertiary/aromatic N) is 2. The zero-order chi connectivity index (χ0) is 14.1. The topological polar surface area (TPSA) is 95.2 Å². The predicted octanol–water partition coefficient (Wildman–Crippen LogP) is 0.953. The molecule has 1 saturated heterocycles.